The summed E-state index contributed by atoms with van der Waals surface area (Å²) in [6.07, 6.45) is 1.79. The first-order valence-corrected chi connectivity index (χ1v) is 21.1. The number of aliphatic hydroxyl groups is 4. The maximum atomic E-state index is 13.7. The lowest BCUT2D eigenvalue weighted by Gasteiger charge is -2.68. The van der Waals surface area contributed by atoms with Crippen molar-refractivity contribution >= 4 is 17.9 Å². The predicted octanol–water partition coefficient (Wildman–Crippen LogP) is 4.27. The summed E-state index contributed by atoms with van der Waals surface area (Å²) in [4.78, 5) is 42.9. The number of hydrogen-bond acceptors (Lipinski definition) is 12. The van der Waals surface area contributed by atoms with Crippen LogP contribution >= 0.6 is 0 Å². The molecule has 7 fully saturated rings. The Labute approximate surface area is 321 Å². The fourth-order valence-electron chi connectivity index (χ4n) is 13.1. The van der Waals surface area contributed by atoms with E-state index in [1.54, 1.807) is 20.8 Å². The Morgan fingerprint density at radius 1 is 0.796 bits per heavy atom. The highest BCUT2D eigenvalue weighted by molar-refractivity contribution is 5.73. The number of nitrogens with zero attached hydrogens (tertiary/aromatic N) is 1. The van der Waals surface area contributed by atoms with Crippen LogP contribution in [0.4, 0.5) is 0 Å². The summed E-state index contributed by atoms with van der Waals surface area (Å²) in [5, 5.41) is 52.9. The van der Waals surface area contributed by atoms with Crippen molar-refractivity contribution < 1.29 is 53.8 Å². The lowest BCUT2D eigenvalue weighted by atomic mass is 9.48. The third kappa shape index (κ3) is 5.17. The van der Waals surface area contributed by atoms with Gasteiger partial charge in [-0.3, -0.25) is 19.3 Å². The van der Waals surface area contributed by atoms with Gasteiger partial charge in [-0.15, -0.1) is 0 Å². The Morgan fingerprint density at radius 2 is 1.41 bits per heavy atom. The molecule has 7 rings (SSSR count). The van der Waals surface area contributed by atoms with Crippen LogP contribution in [0.25, 0.3) is 0 Å². The predicted molar refractivity (Wildman–Crippen MR) is 196 cm³/mol. The van der Waals surface area contributed by atoms with Crippen molar-refractivity contribution in [3.8, 4) is 0 Å². The lowest BCUT2D eigenvalue weighted by Crippen LogP contribution is -2.85. The highest BCUT2D eigenvalue weighted by Gasteiger charge is 2.90. The average molecular weight is 762 g/mol. The molecular weight excluding hydrogens is 694 g/mol. The van der Waals surface area contributed by atoms with Gasteiger partial charge in [0.05, 0.1) is 17.4 Å². The van der Waals surface area contributed by atoms with Gasteiger partial charge >= 0.3 is 17.9 Å². The molecule has 4 aliphatic carbocycles. The van der Waals surface area contributed by atoms with Gasteiger partial charge in [0, 0.05) is 61.6 Å². The maximum absolute atomic E-state index is 13.7. The van der Waals surface area contributed by atoms with Gasteiger partial charge in [0.25, 0.3) is 5.79 Å². The van der Waals surface area contributed by atoms with Crippen LogP contribution in [0.1, 0.15) is 133 Å². The summed E-state index contributed by atoms with van der Waals surface area (Å²) in [5.74, 6) is -5.86. The fraction of sp³-hybridized carbons (Fsp3) is 0.929. The molecule has 12 nitrogen and oxygen atoms in total. The molecule has 0 aromatic rings. The minimum atomic E-state index is -2.12. The largest absolute Gasteiger partial charge is 0.459 e. The molecular formula is C42H67NO11. The van der Waals surface area contributed by atoms with Gasteiger partial charge in [-0.1, -0.05) is 55.4 Å². The van der Waals surface area contributed by atoms with E-state index in [1.807, 2.05) is 27.7 Å². The first kappa shape index (κ1) is 40.4. The van der Waals surface area contributed by atoms with E-state index in [2.05, 4.69) is 18.7 Å². The molecule has 7 unspecified atom stereocenters. The lowest BCUT2D eigenvalue weighted by molar-refractivity contribution is -0.355. The van der Waals surface area contributed by atoms with Gasteiger partial charge in [-0.05, 0) is 70.1 Å². The number of esters is 3. The zero-order valence-corrected chi connectivity index (χ0v) is 34.1. The van der Waals surface area contributed by atoms with Crippen LogP contribution in [0.2, 0.25) is 0 Å². The SMILES string of the molecule is CCC(C)C(=O)OC1CC[C@@]2(C)C3CC[C@@H]4C2(C[C@@]2(O)[C@@H]5CN6C[C@@H](C)CC[C@H]6[C@@](C)(O)[C@@]5(O)C(OC(=O)C(C)CC)C[C@@]42O)OC13OC(=O)CC(C)C. The Bertz CT molecular complexity index is 1520. The molecule has 0 aromatic carbocycles. The topological polar surface area (TPSA) is 172 Å². The van der Waals surface area contributed by atoms with E-state index in [9.17, 15) is 34.8 Å². The van der Waals surface area contributed by atoms with Crippen LogP contribution in [-0.4, -0.2) is 108 Å². The van der Waals surface area contributed by atoms with Gasteiger partial charge in [0.1, 0.15) is 28.5 Å². The monoisotopic (exact) mass is 761 g/mol. The first-order valence-electron chi connectivity index (χ1n) is 21.1. The van der Waals surface area contributed by atoms with E-state index in [-0.39, 0.29) is 37.6 Å². The van der Waals surface area contributed by atoms with Gasteiger partial charge in [-0.25, -0.2) is 0 Å². The molecule has 0 amide bonds. The van der Waals surface area contributed by atoms with Crippen LogP contribution in [0.3, 0.4) is 0 Å². The van der Waals surface area contributed by atoms with E-state index >= 15 is 0 Å². The van der Waals surface area contributed by atoms with E-state index < -0.39 is 99.0 Å². The maximum Gasteiger partial charge on any atom is 0.309 e. The Balaban J connectivity index is 1.37. The molecule has 4 bridgehead atoms. The van der Waals surface area contributed by atoms with E-state index in [1.165, 1.54) is 0 Å². The second-order valence-corrected chi connectivity index (χ2v) is 19.8. The zero-order valence-electron chi connectivity index (χ0n) is 34.1. The number of carbonyl (C=O) groups excluding carboxylic acids is 3. The summed E-state index contributed by atoms with van der Waals surface area (Å²) in [7, 11) is 0. The summed E-state index contributed by atoms with van der Waals surface area (Å²) in [5.41, 5.74) is -9.89. The summed E-state index contributed by atoms with van der Waals surface area (Å²) in [6, 6.07) is -0.454. The summed E-state index contributed by atoms with van der Waals surface area (Å²) < 4.78 is 26.3. The van der Waals surface area contributed by atoms with Crippen molar-refractivity contribution in [2.75, 3.05) is 13.1 Å². The number of fused-ring (bicyclic) bond motifs is 5. The third-order valence-electron chi connectivity index (χ3n) is 16.4. The average Bonchev–Trinajstić information content (AvgIpc) is 3.27. The van der Waals surface area contributed by atoms with Crippen molar-refractivity contribution in [1.29, 1.82) is 0 Å². The molecule has 4 saturated carbocycles. The summed E-state index contributed by atoms with van der Waals surface area (Å²) >= 11 is 0. The van der Waals surface area contributed by atoms with Gasteiger partial charge in [0.15, 0.2) is 6.10 Å². The third-order valence-corrected chi connectivity index (χ3v) is 16.4. The van der Waals surface area contributed by atoms with Crippen molar-refractivity contribution in [2.24, 2.45) is 46.8 Å². The molecule has 3 saturated heterocycles. The molecule has 54 heavy (non-hydrogen) atoms. The van der Waals surface area contributed by atoms with E-state index in [4.69, 9.17) is 18.9 Å². The van der Waals surface area contributed by atoms with Crippen LogP contribution in [0, 0.1) is 46.8 Å². The number of carbonyl (C=O) groups is 3. The molecule has 306 valence electrons. The standard InChI is InChI=1S/C42H67NO11/c1-10-25(6)34(45)51-31-16-17-36(8)27-13-14-28-38(48)19-32(52-35(46)26(7)11-2)41(50)29(21-43-20-24(5)12-15-30(43)37(41,9)47)39(38,49)22-40(28,36)54-42(27,31)53-33(44)18-23(3)4/h23-32,47-50H,10-22H2,1-9H3/t24-,25?,26?,27?,28-,29-,30-,31?,32?,36-,37+,38+,39+,40?,41-,42?/m0/s1. The number of hydrogen-bond donors (Lipinski definition) is 4. The Morgan fingerprint density at radius 3 is 2.02 bits per heavy atom. The first-order chi connectivity index (χ1) is 25.1. The van der Waals surface area contributed by atoms with E-state index in [0.29, 0.717) is 57.4 Å². The van der Waals surface area contributed by atoms with Crippen LogP contribution in [0.5, 0.6) is 0 Å². The molecule has 7 aliphatic rings. The second kappa shape index (κ2) is 13.1. The zero-order chi connectivity index (χ0) is 39.6. The van der Waals surface area contributed by atoms with Crippen molar-refractivity contribution in [3.05, 3.63) is 0 Å². The molecule has 3 heterocycles. The molecule has 3 aliphatic heterocycles. The summed E-state index contributed by atoms with van der Waals surface area (Å²) in [6.45, 7) is 17.9. The number of piperidine rings is 2. The van der Waals surface area contributed by atoms with Crippen molar-refractivity contribution in [2.45, 2.75) is 185 Å². The van der Waals surface area contributed by atoms with Crippen LogP contribution in [0.15, 0.2) is 0 Å². The molecule has 16 atom stereocenters. The van der Waals surface area contributed by atoms with Crippen molar-refractivity contribution in [1.82, 2.24) is 4.90 Å². The molecule has 12 heteroatoms. The Kier molecular flexibility index (Phi) is 9.79. The minimum Gasteiger partial charge on any atom is -0.459 e. The molecule has 4 N–H and O–H groups in total. The van der Waals surface area contributed by atoms with Crippen LogP contribution in [-0.2, 0) is 33.3 Å². The Hall–Kier alpha value is -1.83. The number of ether oxygens (including phenoxy) is 4. The highest BCUT2D eigenvalue weighted by atomic mass is 16.8. The van der Waals surface area contributed by atoms with Crippen molar-refractivity contribution in [3.63, 3.8) is 0 Å². The normalized spacial score (nSPS) is 50.2. The van der Waals surface area contributed by atoms with Gasteiger partial charge in [-0.2, -0.15) is 0 Å². The molecule has 1 spiro atoms. The highest BCUT2D eigenvalue weighted by Crippen LogP contribution is 2.79. The van der Waals surface area contributed by atoms with E-state index in [0.717, 1.165) is 6.42 Å². The number of rotatable bonds is 9. The van der Waals surface area contributed by atoms with Gasteiger partial charge in [0.2, 0.25) is 0 Å². The fourth-order valence-corrected chi connectivity index (χ4v) is 13.1. The quantitative estimate of drug-likeness (QED) is 0.195. The molecule has 0 radical (unpaired) electrons. The second-order valence-electron chi connectivity index (χ2n) is 19.8. The van der Waals surface area contributed by atoms with Gasteiger partial charge < -0.3 is 39.4 Å². The molecule has 0 aromatic heterocycles. The smallest absolute Gasteiger partial charge is 0.309 e. The van der Waals surface area contributed by atoms with Crippen LogP contribution < -0.4 is 0 Å². The minimum absolute atomic E-state index is 0.000577.